The summed E-state index contributed by atoms with van der Waals surface area (Å²) in [6.07, 6.45) is 2.64. The SMILES string of the molecule is Cl.NCc1cccc(-c2cccc(OCC3CC3)c2)c1. The van der Waals surface area contributed by atoms with Crippen molar-refractivity contribution in [3.8, 4) is 16.9 Å². The van der Waals surface area contributed by atoms with Crippen LogP contribution < -0.4 is 10.5 Å². The van der Waals surface area contributed by atoms with E-state index in [0.717, 1.165) is 23.8 Å². The first-order valence-electron chi connectivity index (χ1n) is 6.87. The lowest BCUT2D eigenvalue weighted by Crippen LogP contribution is -1.99. The third-order valence-electron chi connectivity index (χ3n) is 3.51. The van der Waals surface area contributed by atoms with Gasteiger partial charge in [-0.1, -0.05) is 30.3 Å². The van der Waals surface area contributed by atoms with Crippen molar-refractivity contribution in [2.24, 2.45) is 11.7 Å². The maximum Gasteiger partial charge on any atom is 0.119 e. The first-order valence-corrected chi connectivity index (χ1v) is 6.87. The van der Waals surface area contributed by atoms with Crippen molar-refractivity contribution >= 4 is 12.4 Å². The summed E-state index contributed by atoms with van der Waals surface area (Å²) in [5.41, 5.74) is 9.22. The van der Waals surface area contributed by atoms with Gasteiger partial charge in [0, 0.05) is 6.54 Å². The average molecular weight is 290 g/mol. The lowest BCUT2D eigenvalue weighted by molar-refractivity contribution is 0.300. The molecule has 0 radical (unpaired) electrons. The van der Waals surface area contributed by atoms with Crippen LogP contribution in [0.3, 0.4) is 0 Å². The molecule has 2 nitrogen and oxygen atoms in total. The van der Waals surface area contributed by atoms with Gasteiger partial charge in [0.1, 0.15) is 5.75 Å². The summed E-state index contributed by atoms with van der Waals surface area (Å²) >= 11 is 0. The van der Waals surface area contributed by atoms with Gasteiger partial charge in [-0.25, -0.2) is 0 Å². The normalized spacial score (nSPS) is 13.7. The molecule has 0 amide bonds. The van der Waals surface area contributed by atoms with Crippen LogP contribution in [-0.2, 0) is 6.54 Å². The fraction of sp³-hybridized carbons (Fsp3) is 0.294. The van der Waals surface area contributed by atoms with Gasteiger partial charge in [0.05, 0.1) is 6.61 Å². The van der Waals surface area contributed by atoms with Crippen LogP contribution in [0.2, 0.25) is 0 Å². The van der Waals surface area contributed by atoms with Crippen LogP contribution in [0.1, 0.15) is 18.4 Å². The standard InChI is InChI=1S/C17H19NO.ClH/c18-11-14-3-1-4-15(9-14)16-5-2-6-17(10-16)19-12-13-7-8-13;/h1-6,9-10,13H,7-8,11-12,18H2;1H. The van der Waals surface area contributed by atoms with E-state index in [4.69, 9.17) is 10.5 Å². The molecule has 2 aromatic carbocycles. The predicted octanol–water partition coefficient (Wildman–Crippen LogP) is 4.02. The van der Waals surface area contributed by atoms with Crippen LogP contribution in [0.15, 0.2) is 48.5 Å². The van der Waals surface area contributed by atoms with E-state index in [1.165, 1.54) is 24.0 Å². The van der Waals surface area contributed by atoms with Gasteiger partial charge < -0.3 is 10.5 Å². The molecule has 0 unspecified atom stereocenters. The van der Waals surface area contributed by atoms with E-state index in [1.807, 2.05) is 12.1 Å². The van der Waals surface area contributed by atoms with E-state index >= 15 is 0 Å². The van der Waals surface area contributed by atoms with Gasteiger partial charge in [-0.15, -0.1) is 12.4 Å². The lowest BCUT2D eigenvalue weighted by Gasteiger charge is -2.08. The Kier molecular flexibility index (Phi) is 5.05. The smallest absolute Gasteiger partial charge is 0.119 e. The van der Waals surface area contributed by atoms with Crippen LogP contribution >= 0.6 is 12.4 Å². The van der Waals surface area contributed by atoms with Crippen LogP contribution in [-0.4, -0.2) is 6.61 Å². The Hall–Kier alpha value is -1.51. The molecule has 20 heavy (non-hydrogen) atoms. The number of hydrogen-bond acceptors (Lipinski definition) is 2. The zero-order chi connectivity index (χ0) is 13.1. The molecule has 1 fully saturated rings. The molecule has 1 aliphatic rings. The molecule has 3 heteroatoms. The maximum absolute atomic E-state index is 5.82. The van der Waals surface area contributed by atoms with Crippen LogP contribution in [0.5, 0.6) is 5.75 Å². The van der Waals surface area contributed by atoms with Crippen molar-refractivity contribution in [1.29, 1.82) is 0 Å². The molecule has 0 spiro atoms. The Morgan fingerprint density at radius 1 is 1.00 bits per heavy atom. The van der Waals surface area contributed by atoms with Crippen molar-refractivity contribution in [3.05, 3.63) is 54.1 Å². The Labute approximate surface area is 126 Å². The zero-order valence-corrected chi connectivity index (χ0v) is 12.2. The number of benzene rings is 2. The summed E-state index contributed by atoms with van der Waals surface area (Å²) in [6.45, 7) is 1.43. The van der Waals surface area contributed by atoms with Gasteiger partial charge in [0.15, 0.2) is 0 Å². The lowest BCUT2D eigenvalue weighted by atomic mass is 10.0. The number of ether oxygens (including phenoxy) is 1. The van der Waals surface area contributed by atoms with E-state index in [-0.39, 0.29) is 12.4 Å². The minimum atomic E-state index is 0. The summed E-state index contributed by atoms with van der Waals surface area (Å²) < 4.78 is 5.82. The molecule has 2 aromatic rings. The van der Waals surface area contributed by atoms with E-state index in [9.17, 15) is 0 Å². The highest BCUT2D eigenvalue weighted by Gasteiger charge is 2.21. The van der Waals surface area contributed by atoms with E-state index in [1.54, 1.807) is 0 Å². The second-order valence-corrected chi connectivity index (χ2v) is 5.19. The van der Waals surface area contributed by atoms with Crippen LogP contribution in [0.25, 0.3) is 11.1 Å². The first-order chi connectivity index (χ1) is 9.35. The molecule has 0 saturated heterocycles. The van der Waals surface area contributed by atoms with Crippen molar-refractivity contribution in [2.45, 2.75) is 19.4 Å². The summed E-state index contributed by atoms with van der Waals surface area (Å²) in [5, 5.41) is 0. The van der Waals surface area contributed by atoms with Crippen LogP contribution in [0.4, 0.5) is 0 Å². The number of nitrogens with two attached hydrogens (primary N) is 1. The van der Waals surface area contributed by atoms with E-state index < -0.39 is 0 Å². The van der Waals surface area contributed by atoms with Crippen molar-refractivity contribution < 1.29 is 4.74 Å². The summed E-state index contributed by atoms with van der Waals surface area (Å²) in [6, 6.07) is 16.6. The van der Waals surface area contributed by atoms with Gasteiger partial charge in [0.25, 0.3) is 0 Å². The quantitative estimate of drug-likeness (QED) is 0.902. The van der Waals surface area contributed by atoms with E-state index in [0.29, 0.717) is 6.54 Å². The number of halogens is 1. The highest BCUT2D eigenvalue weighted by molar-refractivity contribution is 5.85. The van der Waals surface area contributed by atoms with Gasteiger partial charge >= 0.3 is 0 Å². The third kappa shape index (κ3) is 3.75. The second-order valence-electron chi connectivity index (χ2n) is 5.19. The molecule has 0 atom stereocenters. The molecule has 0 bridgehead atoms. The maximum atomic E-state index is 5.82. The Balaban J connectivity index is 0.00000147. The highest BCUT2D eigenvalue weighted by Crippen LogP contribution is 2.30. The number of hydrogen-bond donors (Lipinski definition) is 1. The molecule has 106 valence electrons. The monoisotopic (exact) mass is 289 g/mol. The molecular weight excluding hydrogens is 270 g/mol. The van der Waals surface area contributed by atoms with Crippen molar-refractivity contribution in [1.82, 2.24) is 0 Å². The Morgan fingerprint density at radius 2 is 1.70 bits per heavy atom. The third-order valence-corrected chi connectivity index (χ3v) is 3.51. The predicted molar refractivity (Wildman–Crippen MR) is 85.2 cm³/mol. The minimum Gasteiger partial charge on any atom is -0.493 e. The van der Waals surface area contributed by atoms with Crippen molar-refractivity contribution in [3.63, 3.8) is 0 Å². The average Bonchev–Trinajstić information content (AvgIpc) is 3.30. The minimum absolute atomic E-state index is 0. The molecular formula is C17H20ClNO. The van der Waals surface area contributed by atoms with Gasteiger partial charge in [-0.2, -0.15) is 0 Å². The Morgan fingerprint density at radius 3 is 2.40 bits per heavy atom. The molecule has 0 heterocycles. The first kappa shape index (κ1) is 14.9. The largest absolute Gasteiger partial charge is 0.493 e. The molecule has 0 aromatic heterocycles. The fourth-order valence-corrected chi connectivity index (χ4v) is 2.14. The van der Waals surface area contributed by atoms with Crippen LogP contribution in [0, 0.1) is 5.92 Å². The van der Waals surface area contributed by atoms with E-state index in [2.05, 4.69) is 36.4 Å². The summed E-state index contributed by atoms with van der Waals surface area (Å²) in [5.74, 6) is 1.74. The van der Waals surface area contributed by atoms with Gasteiger partial charge in [-0.05, 0) is 53.6 Å². The van der Waals surface area contributed by atoms with Gasteiger partial charge in [0.2, 0.25) is 0 Å². The molecule has 1 saturated carbocycles. The number of rotatable bonds is 5. The molecule has 1 aliphatic carbocycles. The fourth-order valence-electron chi connectivity index (χ4n) is 2.14. The van der Waals surface area contributed by atoms with Crippen molar-refractivity contribution in [2.75, 3.05) is 6.61 Å². The highest BCUT2D eigenvalue weighted by atomic mass is 35.5. The topological polar surface area (TPSA) is 35.2 Å². The summed E-state index contributed by atoms with van der Waals surface area (Å²) in [7, 11) is 0. The molecule has 3 rings (SSSR count). The van der Waals surface area contributed by atoms with Gasteiger partial charge in [-0.3, -0.25) is 0 Å². The molecule has 0 aliphatic heterocycles. The second kappa shape index (κ2) is 6.78. The summed E-state index contributed by atoms with van der Waals surface area (Å²) in [4.78, 5) is 0. The zero-order valence-electron chi connectivity index (χ0n) is 11.4. The Bertz CT molecular complexity index is 566. The molecule has 2 N–H and O–H groups in total.